The van der Waals surface area contributed by atoms with Gasteiger partial charge in [0.15, 0.2) is 9.84 Å². The molecule has 0 aliphatic carbocycles. The smallest absolute Gasteiger partial charge is 0.182 e. The molecule has 1 aromatic carbocycles. The van der Waals surface area contributed by atoms with Crippen LogP contribution in [0.25, 0.3) is 0 Å². The summed E-state index contributed by atoms with van der Waals surface area (Å²) in [5.41, 5.74) is 0. The maximum atomic E-state index is 12.1. The number of aromatic hydroxyl groups is 1. The van der Waals surface area contributed by atoms with Crippen molar-refractivity contribution in [2.24, 2.45) is 5.92 Å². The second-order valence-electron chi connectivity index (χ2n) is 4.44. The van der Waals surface area contributed by atoms with Gasteiger partial charge in [0.05, 0.1) is 5.75 Å². The molecule has 0 aromatic heterocycles. The summed E-state index contributed by atoms with van der Waals surface area (Å²) in [5.74, 6) is 0.175. The Morgan fingerprint density at radius 2 is 1.88 bits per heavy atom. The summed E-state index contributed by atoms with van der Waals surface area (Å²) >= 11 is 0. The summed E-state index contributed by atoms with van der Waals surface area (Å²) in [6.07, 6.45) is 1.76. The van der Waals surface area contributed by atoms with Crippen LogP contribution >= 0.6 is 0 Å². The topological polar surface area (TPSA) is 66.4 Å². The number of hydrogen-bond donors (Lipinski definition) is 2. The average molecular weight is 255 g/mol. The van der Waals surface area contributed by atoms with E-state index in [0.29, 0.717) is 0 Å². The molecular formula is C12H17NO3S. The van der Waals surface area contributed by atoms with E-state index in [2.05, 4.69) is 5.32 Å². The highest BCUT2D eigenvalue weighted by Crippen LogP contribution is 2.26. The molecular weight excluding hydrogens is 238 g/mol. The van der Waals surface area contributed by atoms with E-state index in [-0.39, 0.29) is 22.3 Å². The van der Waals surface area contributed by atoms with Crippen LogP contribution in [0, 0.1) is 5.92 Å². The zero-order chi connectivity index (χ0) is 12.3. The Morgan fingerprint density at radius 1 is 1.24 bits per heavy atom. The van der Waals surface area contributed by atoms with Crippen LogP contribution in [-0.4, -0.2) is 32.4 Å². The third kappa shape index (κ3) is 2.98. The number of benzene rings is 1. The molecule has 0 spiro atoms. The molecule has 0 unspecified atom stereocenters. The Kier molecular flexibility index (Phi) is 3.69. The highest BCUT2D eigenvalue weighted by atomic mass is 32.2. The van der Waals surface area contributed by atoms with Crippen molar-refractivity contribution < 1.29 is 13.5 Å². The molecule has 2 rings (SSSR count). The van der Waals surface area contributed by atoms with E-state index in [0.717, 1.165) is 25.9 Å². The lowest BCUT2D eigenvalue weighted by atomic mass is 10.0. The molecule has 0 radical (unpaired) electrons. The molecule has 1 aromatic rings. The maximum Gasteiger partial charge on any atom is 0.182 e. The largest absolute Gasteiger partial charge is 0.507 e. The predicted octanol–water partition coefficient (Wildman–Crippen LogP) is 1.17. The SMILES string of the molecule is O=S(=O)(CC1CCNCC1)c1ccccc1O. The summed E-state index contributed by atoms with van der Waals surface area (Å²) in [6, 6.07) is 6.13. The van der Waals surface area contributed by atoms with Gasteiger partial charge in [-0.05, 0) is 44.0 Å². The zero-order valence-electron chi connectivity index (χ0n) is 9.59. The molecule has 1 aliphatic heterocycles. The predicted molar refractivity (Wildman–Crippen MR) is 65.8 cm³/mol. The second-order valence-corrected chi connectivity index (χ2v) is 6.45. The molecule has 5 heteroatoms. The minimum Gasteiger partial charge on any atom is -0.507 e. The standard InChI is InChI=1S/C12H17NO3S/c14-11-3-1-2-4-12(11)17(15,16)9-10-5-7-13-8-6-10/h1-4,10,13-14H,5-9H2. The van der Waals surface area contributed by atoms with E-state index >= 15 is 0 Å². The lowest BCUT2D eigenvalue weighted by molar-refractivity contribution is 0.400. The summed E-state index contributed by atoms with van der Waals surface area (Å²) in [5, 5.41) is 12.8. The fraction of sp³-hybridized carbons (Fsp3) is 0.500. The fourth-order valence-corrected chi connectivity index (χ4v) is 3.97. The van der Waals surface area contributed by atoms with Crippen LogP contribution in [0.1, 0.15) is 12.8 Å². The average Bonchev–Trinajstić information content (AvgIpc) is 2.30. The zero-order valence-corrected chi connectivity index (χ0v) is 10.4. The van der Waals surface area contributed by atoms with Gasteiger partial charge in [-0.1, -0.05) is 12.1 Å². The first-order valence-corrected chi connectivity index (χ1v) is 7.46. The van der Waals surface area contributed by atoms with Crippen molar-refractivity contribution in [2.45, 2.75) is 17.7 Å². The van der Waals surface area contributed by atoms with Gasteiger partial charge in [0.2, 0.25) is 0 Å². The van der Waals surface area contributed by atoms with E-state index in [1.807, 2.05) is 0 Å². The summed E-state index contributed by atoms with van der Waals surface area (Å²) in [7, 11) is -3.37. The Balaban J connectivity index is 2.16. The van der Waals surface area contributed by atoms with Crippen LogP contribution in [0.5, 0.6) is 5.75 Å². The molecule has 17 heavy (non-hydrogen) atoms. The molecule has 94 valence electrons. The minimum absolute atomic E-state index is 0.0542. The third-order valence-corrected chi connectivity index (χ3v) is 5.04. The number of rotatable bonds is 3. The molecule has 0 atom stereocenters. The fourth-order valence-electron chi connectivity index (χ4n) is 2.17. The van der Waals surface area contributed by atoms with Gasteiger partial charge in [0, 0.05) is 0 Å². The maximum absolute atomic E-state index is 12.1. The van der Waals surface area contributed by atoms with Gasteiger partial charge in [0.1, 0.15) is 10.6 Å². The number of piperidine rings is 1. The summed E-state index contributed by atoms with van der Waals surface area (Å²) in [4.78, 5) is 0.0542. The van der Waals surface area contributed by atoms with Crippen LogP contribution in [-0.2, 0) is 9.84 Å². The van der Waals surface area contributed by atoms with Crippen molar-refractivity contribution in [2.75, 3.05) is 18.8 Å². The first-order chi connectivity index (χ1) is 8.09. The summed E-state index contributed by atoms with van der Waals surface area (Å²) < 4.78 is 24.3. The first kappa shape index (κ1) is 12.4. The van der Waals surface area contributed by atoms with Gasteiger partial charge in [0.25, 0.3) is 0 Å². The molecule has 1 heterocycles. The quantitative estimate of drug-likeness (QED) is 0.850. The van der Waals surface area contributed by atoms with Crippen molar-refractivity contribution in [3.05, 3.63) is 24.3 Å². The Labute approximate surface area is 102 Å². The van der Waals surface area contributed by atoms with Gasteiger partial charge >= 0.3 is 0 Å². The lowest BCUT2D eigenvalue weighted by Crippen LogP contribution is -2.31. The molecule has 0 amide bonds. The highest BCUT2D eigenvalue weighted by Gasteiger charge is 2.24. The van der Waals surface area contributed by atoms with Crippen LogP contribution in [0.4, 0.5) is 0 Å². The Hall–Kier alpha value is -1.07. The van der Waals surface area contributed by atoms with Crippen LogP contribution in [0.3, 0.4) is 0 Å². The van der Waals surface area contributed by atoms with Crippen molar-refractivity contribution in [3.8, 4) is 5.75 Å². The van der Waals surface area contributed by atoms with Crippen molar-refractivity contribution >= 4 is 9.84 Å². The molecule has 4 nitrogen and oxygen atoms in total. The first-order valence-electron chi connectivity index (χ1n) is 5.81. The van der Waals surface area contributed by atoms with Crippen LogP contribution in [0.2, 0.25) is 0 Å². The van der Waals surface area contributed by atoms with E-state index in [4.69, 9.17) is 0 Å². The summed E-state index contributed by atoms with van der Waals surface area (Å²) in [6.45, 7) is 1.75. The number of nitrogens with one attached hydrogen (secondary N) is 1. The number of para-hydroxylation sites is 1. The van der Waals surface area contributed by atoms with Crippen molar-refractivity contribution in [1.82, 2.24) is 5.32 Å². The molecule has 2 N–H and O–H groups in total. The van der Waals surface area contributed by atoms with Crippen molar-refractivity contribution in [1.29, 1.82) is 0 Å². The van der Waals surface area contributed by atoms with Crippen molar-refractivity contribution in [3.63, 3.8) is 0 Å². The van der Waals surface area contributed by atoms with Gasteiger partial charge in [-0.3, -0.25) is 0 Å². The van der Waals surface area contributed by atoms with Gasteiger partial charge in [-0.25, -0.2) is 8.42 Å². The van der Waals surface area contributed by atoms with Gasteiger partial charge in [-0.2, -0.15) is 0 Å². The molecule has 0 saturated carbocycles. The third-order valence-electron chi connectivity index (χ3n) is 3.11. The highest BCUT2D eigenvalue weighted by molar-refractivity contribution is 7.91. The van der Waals surface area contributed by atoms with Crippen LogP contribution < -0.4 is 5.32 Å². The second kappa shape index (κ2) is 5.06. The number of sulfone groups is 1. The van der Waals surface area contributed by atoms with E-state index in [1.165, 1.54) is 12.1 Å². The van der Waals surface area contributed by atoms with E-state index < -0.39 is 9.84 Å². The number of phenolic OH excluding ortho intramolecular Hbond substituents is 1. The van der Waals surface area contributed by atoms with Gasteiger partial charge in [-0.15, -0.1) is 0 Å². The monoisotopic (exact) mass is 255 g/mol. The van der Waals surface area contributed by atoms with E-state index in [1.54, 1.807) is 12.1 Å². The van der Waals surface area contributed by atoms with E-state index in [9.17, 15) is 13.5 Å². The van der Waals surface area contributed by atoms with Crippen LogP contribution in [0.15, 0.2) is 29.2 Å². The number of hydrogen-bond acceptors (Lipinski definition) is 4. The molecule has 1 fully saturated rings. The number of phenols is 1. The Bertz CT molecular complexity index is 478. The molecule has 1 saturated heterocycles. The lowest BCUT2D eigenvalue weighted by Gasteiger charge is -2.22. The Morgan fingerprint density at radius 3 is 2.53 bits per heavy atom. The molecule has 1 aliphatic rings. The normalized spacial score (nSPS) is 18.1. The molecule has 0 bridgehead atoms. The van der Waals surface area contributed by atoms with Gasteiger partial charge < -0.3 is 10.4 Å². The minimum atomic E-state index is -3.37.